The molecule has 1 aliphatic heterocycles. The van der Waals surface area contributed by atoms with E-state index < -0.39 is 0 Å². The van der Waals surface area contributed by atoms with Crippen molar-refractivity contribution in [2.24, 2.45) is 0 Å². The molecule has 0 fully saturated rings. The van der Waals surface area contributed by atoms with Gasteiger partial charge in [-0.1, -0.05) is 23.4 Å². The number of benzene rings is 1. The second kappa shape index (κ2) is 9.34. The van der Waals surface area contributed by atoms with Gasteiger partial charge in [-0.15, -0.1) is 11.3 Å². The fourth-order valence-electron chi connectivity index (χ4n) is 3.94. The highest BCUT2D eigenvalue weighted by molar-refractivity contribution is 7.99. The van der Waals surface area contributed by atoms with Crippen molar-refractivity contribution in [1.29, 1.82) is 0 Å². The molecule has 1 amide bonds. The number of rotatable bonds is 6. The minimum absolute atomic E-state index is 0.0992. The lowest BCUT2D eigenvalue weighted by molar-refractivity contribution is -0.895. The second-order valence-corrected chi connectivity index (χ2v) is 10.4. The summed E-state index contributed by atoms with van der Waals surface area (Å²) in [5.41, 5.74) is 1.70. The Hall–Kier alpha value is -2.59. The molecular formula is C23H22ClN4O3S2+. The predicted molar refractivity (Wildman–Crippen MR) is 131 cm³/mol. The van der Waals surface area contributed by atoms with Crippen molar-refractivity contribution in [2.45, 2.75) is 24.7 Å². The maximum absolute atomic E-state index is 13.7. The van der Waals surface area contributed by atoms with Crippen LogP contribution < -0.4 is 15.8 Å². The molecule has 0 saturated carbocycles. The summed E-state index contributed by atoms with van der Waals surface area (Å²) in [6.45, 7) is 2.20. The zero-order valence-electron chi connectivity index (χ0n) is 17.9. The minimum Gasteiger partial charge on any atom is -0.467 e. The molecule has 10 heteroatoms. The van der Waals surface area contributed by atoms with E-state index in [4.69, 9.17) is 21.0 Å². The molecule has 5 rings (SSSR count). The Bertz CT molecular complexity index is 1360. The van der Waals surface area contributed by atoms with E-state index in [0.29, 0.717) is 33.6 Å². The lowest BCUT2D eigenvalue weighted by Gasteiger charge is -2.19. The van der Waals surface area contributed by atoms with Crippen molar-refractivity contribution >= 4 is 50.8 Å². The number of carbonyl (C=O) groups is 1. The molecule has 170 valence electrons. The van der Waals surface area contributed by atoms with Crippen molar-refractivity contribution in [3.63, 3.8) is 0 Å². The highest BCUT2D eigenvalue weighted by Crippen LogP contribution is 2.31. The van der Waals surface area contributed by atoms with Crippen molar-refractivity contribution in [2.75, 3.05) is 19.3 Å². The van der Waals surface area contributed by atoms with Crippen LogP contribution in [-0.2, 0) is 24.3 Å². The molecule has 3 aromatic heterocycles. The maximum Gasteiger partial charge on any atom is 0.267 e. The van der Waals surface area contributed by atoms with Gasteiger partial charge in [0.2, 0.25) is 5.91 Å². The molecule has 0 saturated heterocycles. The predicted octanol–water partition coefficient (Wildman–Crippen LogP) is 2.67. The zero-order chi connectivity index (χ0) is 22.9. The number of thioether (sulfide) groups is 1. The van der Waals surface area contributed by atoms with Gasteiger partial charge >= 0.3 is 0 Å². The summed E-state index contributed by atoms with van der Waals surface area (Å²) in [5, 5.41) is 4.61. The van der Waals surface area contributed by atoms with Gasteiger partial charge in [0.05, 0.1) is 48.1 Å². The summed E-state index contributed by atoms with van der Waals surface area (Å²) in [7, 11) is 2.16. The lowest BCUT2D eigenvalue weighted by Crippen LogP contribution is -3.08. The number of likely N-dealkylation sites (N-methyl/N-ethyl adjacent to an activating group) is 1. The number of quaternary nitrogens is 1. The Balaban J connectivity index is 1.50. The normalized spacial score (nSPS) is 15.5. The summed E-state index contributed by atoms with van der Waals surface area (Å²) in [6, 6.07) is 10.7. The molecule has 0 radical (unpaired) electrons. The number of nitrogens with one attached hydrogen (secondary N) is 2. The van der Waals surface area contributed by atoms with Crippen LogP contribution in [0.15, 0.2) is 57.0 Å². The van der Waals surface area contributed by atoms with Crippen molar-refractivity contribution in [3.8, 4) is 5.69 Å². The van der Waals surface area contributed by atoms with Gasteiger partial charge in [0.1, 0.15) is 17.1 Å². The quantitative estimate of drug-likeness (QED) is 0.313. The van der Waals surface area contributed by atoms with Gasteiger partial charge in [-0.2, -0.15) is 0 Å². The largest absolute Gasteiger partial charge is 0.467 e. The number of hydrogen-bond donors (Lipinski definition) is 2. The van der Waals surface area contributed by atoms with Gasteiger partial charge in [0.25, 0.3) is 5.56 Å². The number of thiophene rings is 1. The van der Waals surface area contributed by atoms with Gasteiger partial charge in [0, 0.05) is 11.4 Å². The molecule has 1 unspecified atom stereocenters. The van der Waals surface area contributed by atoms with Gasteiger partial charge in [-0.25, -0.2) is 4.98 Å². The first-order valence-corrected chi connectivity index (χ1v) is 12.7. The summed E-state index contributed by atoms with van der Waals surface area (Å²) >= 11 is 8.91. The molecule has 4 aromatic rings. The van der Waals surface area contributed by atoms with Crippen molar-refractivity contribution in [1.82, 2.24) is 14.9 Å². The van der Waals surface area contributed by atoms with Crippen LogP contribution in [0, 0.1) is 0 Å². The number of nitrogens with zero attached hydrogens (tertiary/aromatic N) is 2. The van der Waals surface area contributed by atoms with Crippen LogP contribution in [0.1, 0.15) is 16.2 Å². The van der Waals surface area contributed by atoms with Gasteiger partial charge in [-0.3, -0.25) is 14.2 Å². The van der Waals surface area contributed by atoms with Gasteiger partial charge in [0.15, 0.2) is 5.16 Å². The fourth-order valence-corrected chi connectivity index (χ4v) is 6.28. The first-order valence-electron chi connectivity index (χ1n) is 10.6. The van der Waals surface area contributed by atoms with Gasteiger partial charge < -0.3 is 14.6 Å². The van der Waals surface area contributed by atoms with Gasteiger partial charge in [-0.05, 0) is 42.0 Å². The van der Waals surface area contributed by atoms with E-state index in [-0.39, 0.29) is 17.2 Å². The smallest absolute Gasteiger partial charge is 0.267 e. The average molecular weight is 502 g/mol. The van der Waals surface area contributed by atoms with E-state index in [1.165, 1.54) is 21.5 Å². The molecule has 1 atom stereocenters. The Morgan fingerprint density at radius 3 is 2.91 bits per heavy atom. The molecule has 1 aromatic carbocycles. The van der Waals surface area contributed by atoms with Crippen molar-refractivity contribution in [3.05, 3.63) is 74.2 Å². The van der Waals surface area contributed by atoms with E-state index in [2.05, 4.69) is 12.4 Å². The molecular weight excluding hydrogens is 480 g/mol. The first-order chi connectivity index (χ1) is 16.0. The fraction of sp³-hybridized carbons (Fsp3) is 0.261. The molecule has 1 aliphatic rings. The molecule has 4 heterocycles. The summed E-state index contributed by atoms with van der Waals surface area (Å²) in [6.07, 6.45) is 2.43. The molecule has 0 aliphatic carbocycles. The summed E-state index contributed by atoms with van der Waals surface area (Å²) in [5.74, 6) is 0.649. The SMILES string of the molecule is C[NH+]1CCc2c(sc3nc(SCC(=O)NCc4ccco4)n(-c4ccc(Cl)cc4)c(=O)c23)C1. The molecule has 33 heavy (non-hydrogen) atoms. The Kier molecular flexibility index (Phi) is 6.29. The van der Waals surface area contributed by atoms with Crippen LogP contribution in [0.4, 0.5) is 0 Å². The average Bonchev–Trinajstić information content (AvgIpc) is 3.44. The molecule has 0 bridgehead atoms. The standard InChI is InChI=1S/C23H21ClN4O3S2/c1-27-9-8-17-18(12-27)33-21-20(17)22(30)28(15-6-4-14(24)5-7-15)23(26-21)32-13-19(29)25-11-16-3-2-10-31-16/h2-7,10H,8-9,11-13H2,1H3,(H,25,29)/p+1. The zero-order valence-corrected chi connectivity index (χ0v) is 20.3. The number of furan rings is 1. The van der Waals surface area contributed by atoms with Crippen molar-refractivity contribution < 1.29 is 14.1 Å². The monoisotopic (exact) mass is 501 g/mol. The van der Waals surface area contributed by atoms with Crippen LogP contribution in [-0.4, -0.2) is 34.8 Å². The van der Waals surface area contributed by atoms with Crippen LogP contribution in [0.3, 0.4) is 0 Å². The Labute approximate surface area is 203 Å². The van der Waals surface area contributed by atoms with E-state index in [1.54, 1.807) is 58.6 Å². The summed E-state index contributed by atoms with van der Waals surface area (Å²) < 4.78 is 6.85. The number of fused-ring (bicyclic) bond motifs is 3. The number of aromatic nitrogens is 2. The summed E-state index contributed by atoms with van der Waals surface area (Å²) in [4.78, 5) is 34.4. The van der Waals surface area contributed by atoms with Crippen LogP contribution in [0.5, 0.6) is 0 Å². The number of hydrogen-bond acceptors (Lipinski definition) is 6. The number of amides is 1. The van der Waals surface area contributed by atoms with E-state index in [9.17, 15) is 9.59 Å². The van der Waals surface area contributed by atoms with Crippen LogP contribution >= 0.6 is 34.7 Å². The third-order valence-corrected chi connectivity index (χ3v) is 7.92. The first kappa shape index (κ1) is 22.2. The van der Waals surface area contributed by atoms with Crippen LogP contribution in [0.2, 0.25) is 5.02 Å². The molecule has 0 spiro atoms. The van der Waals surface area contributed by atoms with E-state index >= 15 is 0 Å². The third-order valence-electron chi connectivity index (χ3n) is 5.60. The number of halogens is 1. The third kappa shape index (κ3) is 4.59. The Morgan fingerprint density at radius 2 is 2.15 bits per heavy atom. The highest BCUT2D eigenvalue weighted by atomic mass is 35.5. The van der Waals surface area contributed by atoms with Crippen LogP contribution in [0.25, 0.3) is 15.9 Å². The molecule has 2 N–H and O–H groups in total. The maximum atomic E-state index is 13.7. The van der Waals surface area contributed by atoms with E-state index in [0.717, 1.165) is 29.9 Å². The topological polar surface area (TPSA) is 81.6 Å². The highest BCUT2D eigenvalue weighted by Gasteiger charge is 2.26. The minimum atomic E-state index is -0.163. The molecule has 7 nitrogen and oxygen atoms in total. The lowest BCUT2D eigenvalue weighted by atomic mass is 10.1. The Morgan fingerprint density at radius 1 is 1.33 bits per heavy atom. The van der Waals surface area contributed by atoms with E-state index in [1.807, 2.05) is 0 Å². The second-order valence-electron chi connectivity index (χ2n) is 7.97. The number of carbonyl (C=O) groups excluding carboxylic acids is 1.